The van der Waals surface area contributed by atoms with Gasteiger partial charge in [0.1, 0.15) is 35.2 Å². The van der Waals surface area contributed by atoms with Crippen molar-refractivity contribution in [1.82, 2.24) is 15.0 Å². The molecular formula is C17H18B3F2N5O2. The predicted octanol–water partition coefficient (Wildman–Crippen LogP) is 2.30. The summed E-state index contributed by atoms with van der Waals surface area (Å²) >= 11 is 0. The molecule has 12 heteroatoms. The molecule has 0 spiro atoms. The van der Waals surface area contributed by atoms with E-state index in [0.717, 1.165) is 0 Å². The van der Waals surface area contributed by atoms with Gasteiger partial charge in [-0.2, -0.15) is 8.78 Å². The maximum atomic E-state index is 13.8. The Kier molecular flexibility index (Phi) is 6.55. The fourth-order valence-electron chi connectivity index (χ4n) is 2.22. The second-order valence-corrected chi connectivity index (χ2v) is 6.87. The van der Waals surface area contributed by atoms with Gasteiger partial charge >= 0.3 is 5.92 Å². The molecule has 0 aliphatic heterocycles. The van der Waals surface area contributed by atoms with Crippen molar-refractivity contribution in [3.63, 3.8) is 0 Å². The first-order chi connectivity index (χ1) is 13.2. The third kappa shape index (κ3) is 6.72. The second-order valence-electron chi connectivity index (χ2n) is 6.87. The van der Waals surface area contributed by atoms with Gasteiger partial charge in [0.2, 0.25) is 11.7 Å². The number of alkyl halides is 2. The summed E-state index contributed by atoms with van der Waals surface area (Å²) in [6.45, 7) is 5.63. The molecule has 0 saturated carbocycles. The number of hydrogen-bond donors (Lipinski definition) is 2. The number of hydrogen-bond acceptors (Lipinski definition) is 6. The molecule has 1 amide bonds. The van der Waals surface area contributed by atoms with E-state index >= 15 is 0 Å². The van der Waals surface area contributed by atoms with Gasteiger partial charge in [-0.15, -0.1) is 0 Å². The van der Waals surface area contributed by atoms with Gasteiger partial charge in [-0.1, -0.05) is 13.8 Å². The van der Waals surface area contributed by atoms with Gasteiger partial charge in [-0.25, -0.2) is 15.0 Å². The predicted molar refractivity (Wildman–Crippen MR) is 108 cm³/mol. The molecule has 0 fully saturated rings. The lowest BCUT2D eigenvalue weighted by atomic mass is 9.52. The maximum Gasteiger partial charge on any atom is 0.303 e. The summed E-state index contributed by atoms with van der Waals surface area (Å²) < 4.78 is 32.9. The molecule has 0 bridgehead atoms. The maximum absolute atomic E-state index is 13.8. The Morgan fingerprint density at radius 3 is 2.34 bits per heavy atom. The summed E-state index contributed by atoms with van der Waals surface area (Å²) in [5.74, 6) is -4.13. The van der Waals surface area contributed by atoms with Crippen molar-refractivity contribution in [2.45, 2.75) is 44.8 Å². The Balaban J connectivity index is 2.52. The monoisotopic (exact) mass is 395 g/mol. The van der Waals surface area contributed by atoms with Gasteiger partial charge in [0.15, 0.2) is 5.75 Å². The molecule has 6 radical (unpaired) electrons. The van der Waals surface area contributed by atoms with Crippen LogP contribution in [-0.2, 0) is 10.7 Å². The minimum atomic E-state index is -3.25. The summed E-state index contributed by atoms with van der Waals surface area (Å²) in [4.78, 5) is 23.1. The topological polar surface area (TPSA) is 89.0 Å². The van der Waals surface area contributed by atoms with E-state index in [2.05, 4.69) is 25.6 Å². The van der Waals surface area contributed by atoms with Crippen LogP contribution in [-0.4, -0.2) is 49.7 Å². The Hall–Kier alpha value is -2.65. The molecule has 0 aromatic carbocycles. The molecule has 2 heterocycles. The number of halogens is 2. The van der Waals surface area contributed by atoms with Gasteiger partial charge in [0, 0.05) is 31.7 Å². The molecular weight excluding hydrogens is 377 g/mol. The standard InChI is InChI=1S/C17H18B3F2N5O2/c1-8(2)10-5-14(27-15(26-10)16(4,21)22)25-11-6-13(24-9(3)28)23-7-12(11)29-17(18,19)20/h5-8H,1-4H3,(H2,23,24,25,26,27,28). The largest absolute Gasteiger partial charge is 0.512 e. The highest BCUT2D eigenvalue weighted by atomic mass is 19.3. The molecule has 7 nitrogen and oxygen atoms in total. The van der Waals surface area contributed by atoms with Gasteiger partial charge in [0.25, 0.3) is 0 Å². The highest BCUT2D eigenvalue weighted by Crippen LogP contribution is 2.32. The van der Waals surface area contributed by atoms with Crippen LogP contribution in [0.15, 0.2) is 18.3 Å². The van der Waals surface area contributed by atoms with Crippen LogP contribution in [0.5, 0.6) is 5.75 Å². The molecule has 2 aromatic rings. The minimum absolute atomic E-state index is 0.0149. The van der Waals surface area contributed by atoms with Crippen LogP contribution in [0.4, 0.5) is 26.1 Å². The fourth-order valence-corrected chi connectivity index (χ4v) is 2.22. The van der Waals surface area contributed by atoms with Crippen molar-refractivity contribution >= 4 is 46.8 Å². The van der Waals surface area contributed by atoms with E-state index in [1.165, 1.54) is 25.3 Å². The number of nitrogens with one attached hydrogen (secondary N) is 2. The summed E-state index contributed by atoms with van der Waals surface area (Å²) in [5.41, 5.74) is 0.594. The lowest BCUT2D eigenvalue weighted by Gasteiger charge is -2.25. The summed E-state index contributed by atoms with van der Waals surface area (Å²) in [7, 11) is 16.4. The third-order valence-electron chi connectivity index (χ3n) is 3.45. The lowest BCUT2D eigenvalue weighted by Crippen LogP contribution is -2.37. The smallest absolute Gasteiger partial charge is 0.303 e. The lowest BCUT2D eigenvalue weighted by molar-refractivity contribution is -0.114. The Morgan fingerprint density at radius 1 is 1.17 bits per heavy atom. The van der Waals surface area contributed by atoms with Crippen LogP contribution in [0.3, 0.4) is 0 Å². The molecule has 2 N–H and O–H groups in total. The van der Waals surface area contributed by atoms with E-state index in [4.69, 9.17) is 28.3 Å². The van der Waals surface area contributed by atoms with E-state index in [1.54, 1.807) is 0 Å². The van der Waals surface area contributed by atoms with E-state index in [-0.39, 0.29) is 34.9 Å². The van der Waals surface area contributed by atoms with Crippen molar-refractivity contribution in [2.75, 3.05) is 10.6 Å². The quantitative estimate of drug-likeness (QED) is 0.700. The van der Waals surface area contributed by atoms with Crippen LogP contribution < -0.4 is 15.4 Å². The number of rotatable bonds is 7. The number of pyridine rings is 1. The Morgan fingerprint density at radius 2 is 1.83 bits per heavy atom. The molecule has 146 valence electrons. The zero-order valence-electron chi connectivity index (χ0n) is 16.5. The van der Waals surface area contributed by atoms with Crippen molar-refractivity contribution in [3.8, 4) is 5.75 Å². The van der Waals surface area contributed by atoms with Crippen molar-refractivity contribution in [3.05, 3.63) is 29.8 Å². The van der Waals surface area contributed by atoms with Crippen LogP contribution in [0.2, 0.25) is 0 Å². The average molecular weight is 395 g/mol. The van der Waals surface area contributed by atoms with Gasteiger partial charge in [0.05, 0.1) is 11.9 Å². The Bertz CT molecular complexity index is 902. The highest BCUT2D eigenvalue weighted by Gasteiger charge is 2.29. The van der Waals surface area contributed by atoms with Crippen LogP contribution in [0, 0.1) is 0 Å². The zero-order chi connectivity index (χ0) is 22.0. The van der Waals surface area contributed by atoms with E-state index < -0.39 is 17.0 Å². The summed E-state index contributed by atoms with van der Waals surface area (Å²) in [6.07, 6.45) is 1.22. The number of ether oxygens (including phenoxy) is 1. The minimum Gasteiger partial charge on any atom is -0.512 e. The number of anilines is 3. The molecule has 29 heavy (non-hydrogen) atoms. The van der Waals surface area contributed by atoms with Crippen molar-refractivity contribution in [1.29, 1.82) is 0 Å². The molecule has 0 unspecified atom stereocenters. The molecule has 0 saturated heterocycles. The van der Waals surface area contributed by atoms with Gasteiger partial charge in [-0.3, -0.25) is 4.79 Å². The number of amides is 1. The summed E-state index contributed by atoms with van der Waals surface area (Å²) in [5, 5.41) is 3.32. The van der Waals surface area contributed by atoms with Crippen LogP contribution in [0.25, 0.3) is 0 Å². The number of carbonyl (C=O) groups is 1. The SMILES string of the molecule is [B]C([B])([B])Oc1cnc(NC(C)=O)cc1Nc1cc(C(C)C)nc(C(C)(F)F)n1. The first-order valence-electron chi connectivity index (χ1n) is 8.62. The first kappa shape index (κ1) is 22.6. The van der Waals surface area contributed by atoms with Gasteiger partial charge < -0.3 is 15.4 Å². The second kappa shape index (κ2) is 8.38. The number of aromatic nitrogens is 3. The zero-order valence-corrected chi connectivity index (χ0v) is 16.5. The van der Waals surface area contributed by atoms with E-state index in [1.807, 2.05) is 13.8 Å². The Labute approximate surface area is 171 Å². The van der Waals surface area contributed by atoms with Crippen LogP contribution >= 0.6 is 0 Å². The van der Waals surface area contributed by atoms with Gasteiger partial charge in [-0.05, 0) is 11.2 Å². The van der Waals surface area contributed by atoms with Crippen molar-refractivity contribution < 1.29 is 18.3 Å². The fraction of sp³-hybridized carbons (Fsp3) is 0.412. The number of carbonyl (C=O) groups excluding carboxylic acids is 1. The first-order valence-corrected chi connectivity index (χ1v) is 8.62. The molecule has 0 atom stereocenters. The van der Waals surface area contributed by atoms with E-state index in [0.29, 0.717) is 12.6 Å². The van der Waals surface area contributed by atoms with E-state index in [9.17, 15) is 13.6 Å². The highest BCUT2D eigenvalue weighted by molar-refractivity contribution is 6.58. The van der Waals surface area contributed by atoms with Crippen LogP contribution in [0.1, 0.15) is 45.1 Å². The summed E-state index contributed by atoms with van der Waals surface area (Å²) in [6, 6.07) is 2.91. The molecule has 0 aliphatic rings. The normalized spacial score (nSPS) is 12.0. The molecule has 2 aromatic heterocycles. The van der Waals surface area contributed by atoms with Crippen molar-refractivity contribution in [2.24, 2.45) is 0 Å². The molecule has 2 rings (SSSR count). The molecule has 0 aliphatic carbocycles. The average Bonchev–Trinajstić information content (AvgIpc) is 2.54. The number of nitrogens with zero attached hydrogens (tertiary/aromatic N) is 3. The third-order valence-corrected chi connectivity index (χ3v) is 3.45.